The van der Waals surface area contributed by atoms with Gasteiger partial charge in [-0.15, -0.1) is 0 Å². The predicted molar refractivity (Wildman–Crippen MR) is 94.0 cm³/mol. The molecule has 0 saturated heterocycles. The van der Waals surface area contributed by atoms with Crippen molar-refractivity contribution in [2.24, 2.45) is 0 Å². The summed E-state index contributed by atoms with van der Waals surface area (Å²) in [4.78, 5) is 36.1. The summed E-state index contributed by atoms with van der Waals surface area (Å²) in [6, 6.07) is 3.29. The van der Waals surface area contributed by atoms with Gasteiger partial charge in [0.1, 0.15) is 31.7 Å². The normalized spacial score (nSPS) is 13.7. The maximum atomic E-state index is 11.6. The summed E-state index contributed by atoms with van der Waals surface area (Å²) in [7, 11) is 0. The minimum atomic E-state index is -0.507. The third kappa shape index (κ3) is 4.41. The molecule has 0 fully saturated rings. The minimum Gasteiger partial charge on any atom is -0.508 e. The molecule has 0 unspecified atom stereocenters. The number of phenolic OH excluding ortho intramolecular Hbond substituents is 1. The first-order valence-electron chi connectivity index (χ1n) is 8.51. The molecule has 144 valence electrons. The number of aryl methyl sites for hydroxylation is 2. The topological polar surface area (TPSA) is 129 Å². The molecule has 1 aromatic carbocycles. The van der Waals surface area contributed by atoms with Gasteiger partial charge in [-0.05, 0) is 29.4 Å². The Balaban J connectivity index is 1.54. The van der Waals surface area contributed by atoms with Crippen LogP contribution >= 0.6 is 0 Å². The minimum absolute atomic E-state index is 0.000594. The molecular formula is C17H20N4O6. The first kappa shape index (κ1) is 18.8. The van der Waals surface area contributed by atoms with Crippen molar-refractivity contribution in [3.05, 3.63) is 45.4 Å². The molecule has 0 spiro atoms. The van der Waals surface area contributed by atoms with Gasteiger partial charge in [0.2, 0.25) is 5.91 Å². The van der Waals surface area contributed by atoms with E-state index in [1.165, 1.54) is 16.8 Å². The second kappa shape index (κ2) is 8.14. The quantitative estimate of drug-likeness (QED) is 0.328. The molecule has 0 radical (unpaired) electrons. The van der Waals surface area contributed by atoms with E-state index in [1.54, 1.807) is 13.0 Å². The highest BCUT2D eigenvalue weighted by Gasteiger charge is 2.18. The summed E-state index contributed by atoms with van der Waals surface area (Å²) < 4.78 is 1.42. The Labute approximate surface area is 154 Å². The number of fused-ring (bicyclic) bond motifs is 1. The average Bonchev–Trinajstić information content (AvgIpc) is 2.88. The third-order valence-corrected chi connectivity index (χ3v) is 4.35. The van der Waals surface area contributed by atoms with Crippen molar-refractivity contribution in [3.63, 3.8) is 0 Å². The number of amides is 1. The van der Waals surface area contributed by atoms with E-state index < -0.39 is 4.92 Å². The Kier molecular flexibility index (Phi) is 5.67. The molecule has 1 aromatic heterocycles. The standard InChI is InChI=1S/C17H20N4O6/c1-11-18-9-17(21(24)25)20(11)5-6-26-27-10-13-7-12-3-2-4-16(23)19-14(12)8-15(13)22/h7-9,22H,2-6,10H2,1H3,(H,19,23). The van der Waals surface area contributed by atoms with Gasteiger partial charge in [-0.2, -0.15) is 0 Å². The molecular weight excluding hydrogens is 356 g/mol. The van der Waals surface area contributed by atoms with Crippen molar-refractivity contribution < 1.29 is 24.6 Å². The fourth-order valence-electron chi connectivity index (χ4n) is 2.95. The number of imidazole rings is 1. The van der Waals surface area contributed by atoms with Crippen LogP contribution in [0.4, 0.5) is 11.5 Å². The lowest BCUT2D eigenvalue weighted by Crippen LogP contribution is -2.11. The van der Waals surface area contributed by atoms with Crippen molar-refractivity contribution in [1.82, 2.24) is 9.55 Å². The lowest BCUT2D eigenvalue weighted by atomic mass is 10.0. The van der Waals surface area contributed by atoms with E-state index in [2.05, 4.69) is 10.3 Å². The number of anilines is 1. The molecule has 10 nitrogen and oxygen atoms in total. The van der Waals surface area contributed by atoms with Crippen LogP contribution in [-0.4, -0.2) is 32.1 Å². The van der Waals surface area contributed by atoms with Gasteiger partial charge in [-0.3, -0.25) is 4.79 Å². The van der Waals surface area contributed by atoms with E-state index >= 15 is 0 Å². The zero-order valence-electron chi connectivity index (χ0n) is 14.8. The monoisotopic (exact) mass is 376 g/mol. The summed E-state index contributed by atoms with van der Waals surface area (Å²) in [6.45, 7) is 1.97. The second-order valence-electron chi connectivity index (χ2n) is 6.20. The van der Waals surface area contributed by atoms with Crippen LogP contribution in [0, 0.1) is 17.0 Å². The SMILES string of the molecule is Cc1ncc([N+](=O)[O-])n1CCOOCc1cc2c(cc1O)NC(=O)CCC2. The number of carbonyl (C=O) groups is 1. The van der Waals surface area contributed by atoms with E-state index in [1.807, 2.05) is 0 Å². The van der Waals surface area contributed by atoms with Crippen LogP contribution in [0.1, 0.15) is 29.8 Å². The Morgan fingerprint density at radius 3 is 2.96 bits per heavy atom. The maximum Gasteiger partial charge on any atom is 0.342 e. The number of nitrogens with one attached hydrogen (secondary N) is 1. The molecule has 0 aliphatic carbocycles. The Morgan fingerprint density at radius 2 is 2.19 bits per heavy atom. The van der Waals surface area contributed by atoms with Gasteiger partial charge in [0, 0.05) is 30.7 Å². The lowest BCUT2D eigenvalue weighted by Gasteiger charge is -2.12. The number of nitrogens with zero attached hydrogens (tertiary/aromatic N) is 3. The highest BCUT2D eigenvalue weighted by atomic mass is 17.2. The molecule has 3 rings (SSSR count). The van der Waals surface area contributed by atoms with Gasteiger partial charge in [0.05, 0.1) is 0 Å². The number of aromatic hydroxyl groups is 1. The second-order valence-corrected chi connectivity index (χ2v) is 6.20. The molecule has 2 N–H and O–H groups in total. The maximum absolute atomic E-state index is 11.6. The van der Waals surface area contributed by atoms with Gasteiger partial charge < -0.3 is 20.5 Å². The van der Waals surface area contributed by atoms with E-state index in [-0.39, 0.29) is 37.2 Å². The van der Waals surface area contributed by atoms with Gasteiger partial charge in [0.15, 0.2) is 5.82 Å². The third-order valence-electron chi connectivity index (χ3n) is 4.35. The molecule has 10 heteroatoms. The number of rotatable bonds is 7. The van der Waals surface area contributed by atoms with E-state index in [0.29, 0.717) is 23.5 Å². The fraction of sp³-hybridized carbons (Fsp3) is 0.412. The van der Waals surface area contributed by atoms with Crippen molar-refractivity contribution in [2.75, 3.05) is 11.9 Å². The smallest absolute Gasteiger partial charge is 0.342 e. The predicted octanol–water partition coefficient (Wildman–Crippen LogP) is 2.23. The zero-order valence-corrected chi connectivity index (χ0v) is 14.8. The molecule has 1 amide bonds. The summed E-state index contributed by atoms with van der Waals surface area (Å²) in [6.07, 6.45) is 3.11. The molecule has 0 saturated carbocycles. The van der Waals surface area contributed by atoms with Crippen molar-refractivity contribution in [1.29, 1.82) is 0 Å². The van der Waals surface area contributed by atoms with Crippen LogP contribution < -0.4 is 5.32 Å². The fourth-order valence-corrected chi connectivity index (χ4v) is 2.95. The Morgan fingerprint density at radius 1 is 1.37 bits per heavy atom. The highest BCUT2D eigenvalue weighted by molar-refractivity contribution is 5.92. The van der Waals surface area contributed by atoms with Gasteiger partial charge >= 0.3 is 5.82 Å². The van der Waals surface area contributed by atoms with Crippen LogP contribution in [0.2, 0.25) is 0 Å². The van der Waals surface area contributed by atoms with Crippen LogP contribution in [0.15, 0.2) is 18.3 Å². The number of hydrogen-bond donors (Lipinski definition) is 2. The largest absolute Gasteiger partial charge is 0.508 e. The molecule has 27 heavy (non-hydrogen) atoms. The number of nitro groups is 1. The van der Waals surface area contributed by atoms with Crippen LogP contribution in [-0.2, 0) is 34.1 Å². The number of carbonyl (C=O) groups excluding carboxylic acids is 1. The summed E-state index contributed by atoms with van der Waals surface area (Å²) in [5.74, 6) is 0.335. The zero-order chi connectivity index (χ0) is 19.4. The van der Waals surface area contributed by atoms with Gasteiger partial charge in [-0.25, -0.2) is 19.3 Å². The van der Waals surface area contributed by atoms with Crippen molar-refractivity contribution in [3.8, 4) is 5.75 Å². The molecule has 1 aliphatic rings. The lowest BCUT2D eigenvalue weighted by molar-refractivity contribution is -0.392. The number of phenols is 1. The average molecular weight is 376 g/mol. The van der Waals surface area contributed by atoms with Crippen molar-refractivity contribution in [2.45, 2.75) is 39.3 Å². The number of aromatic nitrogens is 2. The number of benzene rings is 1. The summed E-state index contributed by atoms with van der Waals surface area (Å²) >= 11 is 0. The van der Waals surface area contributed by atoms with E-state index in [4.69, 9.17) is 9.78 Å². The first-order chi connectivity index (χ1) is 13.0. The van der Waals surface area contributed by atoms with E-state index in [9.17, 15) is 20.0 Å². The molecule has 0 atom stereocenters. The van der Waals surface area contributed by atoms with E-state index in [0.717, 1.165) is 18.4 Å². The highest BCUT2D eigenvalue weighted by Crippen LogP contribution is 2.30. The summed E-state index contributed by atoms with van der Waals surface area (Å²) in [5, 5.41) is 23.8. The van der Waals surface area contributed by atoms with Gasteiger partial charge in [-0.1, -0.05) is 0 Å². The summed E-state index contributed by atoms with van der Waals surface area (Å²) in [5.41, 5.74) is 2.08. The first-order valence-corrected chi connectivity index (χ1v) is 8.51. The molecule has 1 aliphatic heterocycles. The number of hydrogen-bond acceptors (Lipinski definition) is 7. The Bertz CT molecular complexity index is 863. The Hall–Kier alpha value is -2.98. The van der Waals surface area contributed by atoms with Crippen LogP contribution in [0.5, 0.6) is 5.75 Å². The van der Waals surface area contributed by atoms with Crippen molar-refractivity contribution >= 4 is 17.4 Å². The van der Waals surface area contributed by atoms with Crippen LogP contribution in [0.25, 0.3) is 0 Å². The molecule has 0 bridgehead atoms. The molecule has 2 heterocycles. The van der Waals surface area contributed by atoms with Gasteiger partial charge in [0.25, 0.3) is 0 Å². The van der Waals surface area contributed by atoms with Crippen LogP contribution in [0.3, 0.4) is 0 Å². The molecule has 2 aromatic rings.